The van der Waals surface area contributed by atoms with Crippen molar-refractivity contribution >= 4 is 5.91 Å². The molecule has 88 valence electrons. The molecular formula is C10H15N3O3. The zero-order valence-corrected chi connectivity index (χ0v) is 9.28. The molecule has 1 amide bonds. The Morgan fingerprint density at radius 1 is 1.56 bits per heavy atom. The first-order chi connectivity index (χ1) is 7.50. The van der Waals surface area contributed by atoms with Crippen LogP contribution in [0.4, 0.5) is 0 Å². The average molecular weight is 225 g/mol. The van der Waals surface area contributed by atoms with Gasteiger partial charge in [0.2, 0.25) is 0 Å². The molecule has 0 aromatic carbocycles. The van der Waals surface area contributed by atoms with E-state index in [1.165, 1.54) is 6.20 Å². The van der Waals surface area contributed by atoms with Crippen LogP contribution in [0.25, 0.3) is 0 Å². The third-order valence-electron chi connectivity index (χ3n) is 1.99. The van der Waals surface area contributed by atoms with Gasteiger partial charge in [0.1, 0.15) is 5.75 Å². The molecule has 0 fully saturated rings. The summed E-state index contributed by atoms with van der Waals surface area (Å²) in [6, 6.07) is 0.973. The zero-order valence-electron chi connectivity index (χ0n) is 9.28. The highest BCUT2D eigenvalue weighted by Gasteiger charge is 2.10. The summed E-state index contributed by atoms with van der Waals surface area (Å²) in [6.45, 7) is 1.18. The summed E-state index contributed by atoms with van der Waals surface area (Å²) in [5.41, 5.74) is -0.374. The van der Waals surface area contributed by atoms with E-state index in [4.69, 9.17) is 0 Å². The summed E-state index contributed by atoms with van der Waals surface area (Å²) in [5, 5.41) is 12.0. The molecule has 1 aromatic heterocycles. The number of carbonyl (C=O) groups is 1. The third-order valence-corrected chi connectivity index (χ3v) is 1.99. The normalized spacial score (nSPS) is 10.4. The van der Waals surface area contributed by atoms with Crippen LogP contribution < -0.4 is 10.9 Å². The molecule has 0 spiro atoms. The number of H-pyrrole nitrogens is 1. The minimum atomic E-state index is -0.442. The van der Waals surface area contributed by atoms with Gasteiger partial charge in [-0.1, -0.05) is 0 Å². The fourth-order valence-corrected chi connectivity index (χ4v) is 1.13. The van der Waals surface area contributed by atoms with E-state index in [0.29, 0.717) is 13.1 Å². The Bertz CT molecular complexity index is 426. The molecule has 6 nitrogen and oxygen atoms in total. The minimum absolute atomic E-state index is 0.0679. The number of pyridine rings is 1. The molecule has 1 rings (SSSR count). The molecule has 1 heterocycles. The maximum absolute atomic E-state index is 11.5. The van der Waals surface area contributed by atoms with Crippen molar-refractivity contribution < 1.29 is 9.90 Å². The number of hydrogen-bond acceptors (Lipinski definition) is 4. The summed E-state index contributed by atoms with van der Waals surface area (Å²) in [7, 11) is 3.78. The van der Waals surface area contributed by atoms with E-state index in [9.17, 15) is 14.7 Å². The lowest BCUT2D eigenvalue weighted by molar-refractivity contribution is 0.0948. The number of aromatic hydroxyl groups is 1. The fourth-order valence-electron chi connectivity index (χ4n) is 1.13. The molecule has 0 radical (unpaired) electrons. The molecule has 0 aliphatic heterocycles. The Morgan fingerprint density at radius 2 is 2.25 bits per heavy atom. The molecule has 0 atom stereocenters. The van der Waals surface area contributed by atoms with Gasteiger partial charge >= 0.3 is 0 Å². The fraction of sp³-hybridized carbons (Fsp3) is 0.400. The van der Waals surface area contributed by atoms with Gasteiger partial charge in [0.15, 0.2) is 0 Å². The topological polar surface area (TPSA) is 85.4 Å². The Labute approximate surface area is 92.9 Å². The molecule has 0 saturated carbocycles. The van der Waals surface area contributed by atoms with Crippen LogP contribution in [0, 0.1) is 0 Å². The van der Waals surface area contributed by atoms with E-state index in [-0.39, 0.29) is 11.3 Å². The second kappa shape index (κ2) is 5.32. The van der Waals surface area contributed by atoms with Gasteiger partial charge in [0.05, 0.1) is 5.56 Å². The summed E-state index contributed by atoms with van der Waals surface area (Å²) in [4.78, 5) is 26.6. The number of likely N-dealkylation sites (N-methyl/N-ethyl adjacent to an activating group) is 1. The van der Waals surface area contributed by atoms with Crippen molar-refractivity contribution in [1.82, 2.24) is 15.2 Å². The Morgan fingerprint density at radius 3 is 2.81 bits per heavy atom. The maximum Gasteiger partial charge on any atom is 0.256 e. The van der Waals surface area contributed by atoms with Crippen molar-refractivity contribution in [3.05, 3.63) is 28.2 Å². The first-order valence-electron chi connectivity index (χ1n) is 4.85. The number of aromatic nitrogens is 1. The van der Waals surface area contributed by atoms with Crippen molar-refractivity contribution in [2.45, 2.75) is 0 Å². The highest BCUT2D eigenvalue weighted by atomic mass is 16.3. The Balaban J connectivity index is 2.63. The van der Waals surface area contributed by atoms with Crippen molar-refractivity contribution in [2.24, 2.45) is 0 Å². The van der Waals surface area contributed by atoms with Crippen LogP contribution >= 0.6 is 0 Å². The number of nitrogens with one attached hydrogen (secondary N) is 2. The van der Waals surface area contributed by atoms with Gasteiger partial charge < -0.3 is 20.3 Å². The summed E-state index contributed by atoms with van der Waals surface area (Å²) in [6.07, 6.45) is 1.20. The highest BCUT2D eigenvalue weighted by Crippen LogP contribution is 2.11. The first-order valence-corrected chi connectivity index (χ1v) is 4.85. The van der Waals surface area contributed by atoms with Crippen LogP contribution in [0.3, 0.4) is 0 Å². The Hall–Kier alpha value is -1.82. The van der Waals surface area contributed by atoms with Gasteiger partial charge in [-0.3, -0.25) is 9.59 Å². The molecule has 3 N–H and O–H groups in total. The van der Waals surface area contributed by atoms with Gasteiger partial charge in [0, 0.05) is 25.4 Å². The first kappa shape index (κ1) is 12.3. The van der Waals surface area contributed by atoms with Crippen LogP contribution in [0.5, 0.6) is 5.75 Å². The van der Waals surface area contributed by atoms with Crippen molar-refractivity contribution in [3.63, 3.8) is 0 Å². The molecule has 6 heteroatoms. The molecular weight excluding hydrogens is 210 g/mol. The quantitative estimate of drug-likeness (QED) is 0.637. The van der Waals surface area contributed by atoms with Gasteiger partial charge in [-0.15, -0.1) is 0 Å². The SMILES string of the molecule is CN(C)CCNC(=O)c1c[nH]c(=O)cc1O. The smallest absolute Gasteiger partial charge is 0.256 e. The predicted molar refractivity (Wildman–Crippen MR) is 59.6 cm³/mol. The van der Waals surface area contributed by atoms with E-state index in [2.05, 4.69) is 10.3 Å². The average Bonchev–Trinajstić information content (AvgIpc) is 2.16. The van der Waals surface area contributed by atoms with E-state index in [0.717, 1.165) is 6.07 Å². The lowest BCUT2D eigenvalue weighted by Crippen LogP contribution is -2.31. The van der Waals surface area contributed by atoms with Gasteiger partial charge in [-0.2, -0.15) is 0 Å². The standard InChI is InChI=1S/C10H15N3O3/c1-13(2)4-3-11-10(16)7-6-12-9(15)5-8(7)14/h5-6H,3-4H2,1-2H3,(H,11,16)(H2,12,14,15). The lowest BCUT2D eigenvalue weighted by atomic mass is 10.2. The number of amides is 1. The summed E-state index contributed by atoms with van der Waals surface area (Å²) < 4.78 is 0. The van der Waals surface area contributed by atoms with Crippen molar-refractivity contribution in [2.75, 3.05) is 27.2 Å². The second-order valence-electron chi connectivity index (χ2n) is 3.66. The molecule has 0 saturated heterocycles. The lowest BCUT2D eigenvalue weighted by Gasteiger charge is -2.10. The predicted octanol–water partition coefficient (Wildman–Crippen LogP) is -0.628. The van der Waals surface area contributed by atoms with Gasteiger partial charge in [-0.25, -0.2) is 0 Å². The van der Waals surface area contributed by atoms with Gasteiger partial charge in [0.25, 0.3) is 11.5 Å². The second-order valence-corrected chi connectivity index (χ2v) is 3.66. The Kier molecular flexibility index (Phi) is 4.07. The maximum atomic E-state index is 11.5. The largest absolute Gasteiger partial charge is 0.507 e. The summed E-state index contributed by atoms with van der Waals surface area (Å²) in [5.74, 6) is -0.721. The molecule has 16 heavy (non-hydrogen) atoms. The summed E-state index contributed by atoms with van der Waals surface area (Å²) >= 11 is 0. The number of aromatic amines is 1. The van der Waals surface area contributed by atoms with Crippen LogP contribution in [-0.4, -0.2) is 48.1 Å². The molecule has 0 bridgehead atoms. The molecule has 0 aliphatic carbocycles. The van der Waals surface area contributed by atoms with Crippen LogP contribution in [0.1, 0.15) is 10.4 Å². The van der Waals surface area contributed by atoms with Crippen molar-refractivity contribution in [1.29, 1.82) is 0 Å². The molecule has 0 unspecified atom stereocenters. The number of carbonyl (C=O) groups excluding carboxylic acids is 1. The van der Waals surface area contributed by atoms with Crippen molar-refractivity contribution in [3.8, 4) is 5.75 Å². The van der Waals surface area contributed by atoms with Crippen LogP contribution in [0.2, 0.25) is 0 Å². The zero-order chi connectivity index (χ0) is 12.1. The highest BCUT2D eigenvalue weighted by molar-refractivity contribution is 5.96. The molecule has 1 aromatic rings. The van der Waals surface area contributed by atoms with E-state index in [1.54, 1.807) is 0 Å². The van der Waals surface area contributed by atoms with E-state index < -0.39 is 11.5 Å². The van der Waals surface area contributed by atoms with E-state index in [1.807, 2.05) is 19.0 Å². The monoisotopic (exact) mass is 225 g/mol. The van der Waals surface area contributed by atoms with Crippen LogP contribution in [-0.2, 0) is 0 Å². The van der Waals surface area contributed by atoms with Gasteiger partial charge in [-0.05, 0) is 14.1 Å². The van der Waals surface area contributed by atoms with E-state index >= 15 is 0 Å². The number of rotatable bonds is 4. The number of nitrogens with zero attached hydrogens (tertiary/aromatic N) is 1. The third kappa shape index (κ3) is 3.39. The minimum Gasteiger partial charge on any atom is -0.507 e. The molecule has 0 aliphatic rings. The number of hydrogen-bond donors (Lipinski definition) is 3. The van der Waals surface area contributed by atoms with Crippen LogP contribution in [0.15, 0.2) is 17.1 Å².